The lowest BCUT2D eigenvalue weighted by Crippen LogP contribution is -2.33. The number of aliphatic hydroxyl groups excluding tert-OH is 2. The van der Waals surface area contributed by atoms with Crippen LogP contribution in [-0.4, -0.2) is 38.8 Å². The lowest BCUT2D eigenvalue weighted by molar-refractivity contribution is 0.0906. The number of nitrogens with zero attached hydrogens (tertiary/aromatic N) is 1. The highest BCUT2D eigenvalue weighted by atomic mass is 16.3. The zero-order chi connectivity index (χ0) is 13.3. The molecule has 0 aromatic carbocycles. The summed E-state index contributed by atoms with van der Waals surface area (Å²) in [7, 11) is 0. The monoisotopic (exact) mass is 254 g/mol. The van der Waals surface area contributed by atoms with Gasteiger partial charge in [-0.1, -0.05) is 0 Å². The molecule has 1 fully saturated rings. The lowest BCUT2D eigenvalue weighted by Gasteiger charge is -2.13. The number of carbonyl (C=O) groups is 1. The minimum Gasteiger partial charge on any atom is -0.396 e. The average Bonchev–Trinajstić information content (AvgIpc) is 2.70. The Morgan fingerprint density at radius 2 is 2.17 bits per heavy atom. The maximum atomic E-state index is 11.6. The molecule has 0 unspecified atom stereocenters. The van der Waals surface area contributed by atoms with Gasteiger partial charge in [-0.05, 0) is 12.8 Å². The van der Waals surface area contributed by atoms with Gasteiger partial charge in [0.25, 0.3) is 5.56 Å². The van der Waals surface area contributed by atoms with Gasteiger partial charge in [0.15, 0.2) is 6.29 Å². The van der Waals surface area contributed by atoms with Crippen LogP contribution < -0.4 is 11.2 Å². The second-order valence-corrected chi connectivity index (χ2v) is 4.50. The van der Waals surface area contributed by atoms with Crippen LogP contribution in [0.1, 0.15) is 29.2 Å². The predicted molar refractivity (Wildman–Crippen MR) is 61.6 cm³/mol. The Hall–Kier alpha value is -1.73. The van der Waals surface area contributed by atoms with Crippen molar-refractivity contribution in [2.24, 2.45) is 5.92 Å². The summed E-state index contributed by atoms with van der Waals surface area (Å²) in [5.41, 5.74) is -1.46. The number of carbonyl (C=O) groups excluding carboxylic acids is 1. The van der Waals surface area contributed by atoms with Gasteiger partial charge in [-0.15, -0.1) is 0 Å². The first-order chi connectivity index (χ1) is 8.56. The quantitative estimate of drug-likeness (QED) is 0.577. The van der Waals surface area contributed by atoms with Gasteiger partial charge in [0.1, 0.15) is 0 Å². The highest BCUT2D eigenvalue weighted by Gasteiger charge is 2.34. The van der Waals surface area contributed by atoms with Crippen molar-refractivity contribution < 1.29 is 15.0 Å². The Balaban J connectivity index is 2.38. The maximum Gasteiger partial charge on any atom is 0.328 e. The van der Waals surface area contributed by atoms with Crippen molar-refractivity contribution in [3.05, 3.63) is 32.6 Å². The van der Waals surface area contributed by atoms with E-state index in [-0.39, 0.29) is 24.1 Å². The summed E-state index contributed by atoms with van der Waals surface area (Å²) in [6.45, 7) is -0.156. The van der Waals surface area contributed by atoms with Crippen molar-refractivity contribution in [2.45, 2.75) is 25.0 Å². The zero-order valence-electron chi connectivity index (χ0n) is 9.57. The summed E-state index contributed by atoms with van der Waals surface area (Å²) in [6, 6.07) is -0.319. The second kappa shape index (κ2) is 4.87. The highest BCUT2D eigenvalue weighted by molar-refractivity contribution is 5.73. The molecule has 3 atom stereocenters. The standard InChI is InChI=1S/C11H14N2O5/c14-4-6-1-8(2-9(6)16)13-3-7(5-15)10(17)12-11(13)18/h3,5-6,8-9,14,16H,1-2,4H2,(H,12,17,18)/t6-,8-,9+/m1/s1. The first kappa shape index (κ1) is 12.7. The molecule has 7 nitrogen and oxygen atoms in total. The number of nitrogens with one attached hydrogen (secondary N) is 1. The topological polar surface area (TPSA) is 112 Å². The lowest BCUT2D eigenvalue weighted by atomic mass is 10.1. The van der Waals surface area contributed by atoms with E-state index in [2.05, 4.69) is 4.98 Å². The summed E-state index contributed by atoms with van der Waals surface area (Å²) in [5.74, 6) is -0.284. The van der Waals surface area contributed by atoms with Crippen LogP contribution in [0.3, 0.4) is 0 Å². The second-order valence-electron chi connectivity index (χ2n) is 4.50. The number of hydrogen-bond donors (Lipinski definition) is 3. The van der Waals surface area contributed by atoms with Crippen molar-refractivity contribution in [1.29, 1.82) is 0 Å². The van der Waals surface area contributed by atoms with Crippen molar-refractivity contribution in [3.63, 3.8) is 0 Å². The molecule has 0 amide bonds. The Labute approximate surface area is 102 Å². The van der Waals surface area contributed by atoms with E-state index >= 15 is 0 Å². The van der Waals surface area contributed by atoms with Crippen LogP contribution in [0.5, 0.6) is 0 Å². The third-order valence-corrected chi connectivity index (χ3v) is 3.38. The Morgan fingerprint density at radius 1 is 1.44 bits per heavy atom. The Bertz CT molecular complexity index is 561. The van der Waals surface area contributed by atoms with E-state index in [0.717, 1.165) is 0 Å². The molecule has 0 spiro atoms. The van der Waals surface area contributed by atoms with E-state index in [1.807, 2.05) is 0 Å². The normalized spacial score (nSPS) is 27.3. The first-order valence-electron chi connectivity index (χ1n) is 5.66. The average molecular weight is 254 g/mol. The summed E-state index contributed by atoms with van der Waals surface area (Å²) in [4.78, 5) is 35.6. The van der Waals surface area contributed by atoms with Gasteiger partial charge in [0.2, 0.25) is 0 Å². The summed E-state index contributed by atoms with van der Waals surface area (Å²) >= 11 is 0. The van der Waals surface area contributed by atoms with Gasteiger partial charge in [-0.25, -0.2) is 4.79 Å². The minimum atomic E-state index is -0.719. The molecule has 1 heterocycles. The van der Waals surface area contributed by atoms with E-state index in [9.17, 15) is 19.5 Å². The SMILES string of the molecule is O=Cc1cn([C@@H]2C[C@H](CO)[C@@H](O)C2)c(=O)[nH]c1=O. The third kappa shape index (κ3) is 2.14. The van der Waals surface area contributed by atoms with Crippen molar-refractivity contribution in [1.82, 2.24) is 9.55 Å². The predicted octanol–water partition coefficient (Wildman–Crippen LogP) is -1.35. The Kier molecular flexibility index (Phi) is 3.44. The summed E-state index contributed by atoms with van der Waals surface area (Å²) in [5, 5.41) is 18.7. The van der Waals surface area contributed by atoms with Gasteiger partial charge in [-0.2, -0.15) is 0 Å². The van der Waals surface area contributed by atoms with Crippen LogP contribution in [0.4, 0.5) is 0 Å². The molecule has 1 aromatic heterocycles. The molecule has 0 saturated heterocycles. The van der Waals surface area contributed by atoms with E-state index in [1.165, 1.54) is 10.8 Å². The number of hydrogen-bond acceptors (Lipinski definition) is 5. The largest absolute Gasteiger partial charge is 0.396 e. The number of aliphatic hydroxyl groups is 2. The minimum absolute atomic E-state index is 0.128. The fourth-order valence-corrected chi connectivity index (χ4v) is 2.35. The molecule has 0 aliphatic heterocycles. The van der Waals surface area contributed by atoms with Gasteiger partial charge in [0.05, 0.1) is 11.7 Å². The number of aromatic nitrogens is 2. The molecule has 3 N–H and O–H groups in total. The molecule has 2 rings (SSSR count). The number of aromatic amines is 1. The first-order valence-corrected chi connectivity index (χ1v) is 5.66. The van der Waals surface area contributed by atoms with Crippen molar-refractivity contribution >= 4 is 6.29 Å². The molecule has 98 valence electrons. The molecule has 0 bridgehead atoms. The van der Waals surface area contributed by atoms with Crippen LogP contribution in [-0.2, 0) is 0 Å². The molecule has 0 radical (unpaired) electrons. The van der Waals surface area contributed by atoms with E-state index in [1.54, 1.807) is 0 Å². The van der Waals surface area contributed by atoms with Crippen molar-refractivity contribution in [3.8, 4) is 0 Å². The van der Waals surface area contributed by atoms with E-state index in [4.69, 9.17) is 5.11 Å². The fraction of sp³-hybridized carbons (Fsp3) is 0.545. The smallest absolute Gasteiger partial charge is 0.328 e. The van der Waals surface area contributed by atoms with E-state index in [0.29, 0.717) is 19.1 Å². The summed E-state index contributed by atoms with van der Waals surface area (Å²) in [6.07, 6.45) is 1.64. The molecular weight excluding hydrogens is 240 g/mol. The van der Waals surface area contributed by atoms with Gasteiger partial charge >= 0.3 is 5.69 Å². The molecule has 1 aliphatic carbocycles. The number of aldehydes is 1. The molecule has 1 saturated carbocycles. The van der Waals surface area contributed by atoms with Crippen LogP contribution in [0.15, 0.2) is 15.8 Å². The fourth-order valence-electron chi connectivity index (χ4n) is 2.35. The van der Waals surface area contributed by atoms with Gasteiger partial charge in [0, 0.05) is 24.8 Å². The van der Waals surface area contributed by atoms with Crippen LogP contribution in [0.2, 0.25) is 0 Å². The zero-order valence-corrected chi connectivity index (χ0v) is 9.57. The highest BCUT2D eigenvalue weighted by Crippen LogP contribution is 2.33. The number of rotatable bonds is 3. The van der Waals surface area contributed by atoms with Crippen LogP contribution in [0, 0.1) is 5.92 Å². The maximum absolute atomic E-state index is 11.6. The Morgan fingerprint density at radius 3 is 2.72 bits per heavy atom. The van der Waals surface area contributed by atoms with Crippen LogP contribution >= 0.6 is 0 Å². The number of H-pyrrole nitrogens is 1. The molecule has 7 heteroatoms. The van der Waals surface area contributed by atoms with Crippen molar-refractivity contribution in [2.75, 3.05) is 6.61 Å². The molecular formula is C11H14N2O5. The van der Waals surface area contributed by atoms with Crippen LogP contribution in [0.25, 0.3) is 0 Å². The third-order valence-electron chi connectivity index (χ3n) is 3.38. The molecule has 18 heavy (non-hydrogen) atoms. The molecule has 1 aliphatic rings. The van der Waals surface area contributed by atoms with E-state index < -0.39 is 17.4 Å². The van der Waals surface area contributed by atoms with Gasteiger partial charge < -0.3 is 10.2 Å². The summed E-state index contributed by atoms with van der Waals surface area (Å²) < 4.78 is 1.24. The molecule has 1 aromatic rings. The van der Waals surface area contributed by atoms with Gasteiger partial charge in [-0.3, -0.25) is 19.1 Å².